The Morgan fingerprint density at radius 2 is 1.34 bits per heavy atom. The van der Waals surface area contributed by atoms with Crippen molar-refractivity contribution in [3.05, 3.63) is 150 Å². The van der Waals surface area contributed by atoms with Crippen molar-refractivity contribution < 1.29 is 20.1 Å². The molecule has 0 amide bonds. The van der Waals surface area contributed by atoms with Gasteiger partial charge in [-0.15, -0.1) is 41.5 Å². The normalized spacial score (nSPS) is 13.9. The van der Waals surface area contributed by atoms with Crippen LogP contribution < -0.4 is 0 Å². The first-order chi connectivity index (χ1) is 20.7. The van der Waals surface area contributed by atoms with E-state index in [9.17, 15) is 0 Å². The molecule has 6 aromatic rings. The van der Waals surface area contributed by atoms with E-state index in [-0.39, 0.29) is 30.9 Å². The fourth-order valence-corrected chi connectivity index (χ4v) is 6.13. The van der Waals surface area contributed by atoms with E-state index in [2.05, 4.69) is 118 Å². The monoisotopic (exact) mass is 752 g/mol. The van der Waals surface area contributed by atoms with Crippen LogP contribution in [0.4, 0.5) is 0 Å². The average molecular weight is 752 g/mol. The number of benzene rings is 4. The van der Waals surface area contributed by atoms with E-state index in [0.717, 1.165) is 16.9 Å². The van der Waals surface area contributed by atoms with Crippen molar-refractivity contribution >= 4 is 0 Å². The smallest absolute Gasteiger partial charge is 0.0575 e. The Balaban J connectivity index is 0.000000248. The fourth-order valence-electron chi connectivity index (χ4n) is 6.13. The topological polar surface area (TPSA) is 30.7 Å². The minimum Gasteiger partial charge on any atom is -0.305 e. The molecule has 1 radical (unpaired) electrons. The molecule has 1 aliphatic rings. The first-order valence-corrected chi connectivity index (χ1v) is 14.8. The van der Waals surface area contributed by atoms with Gasteiger partial charge in [0.2, 0.25) is 0 Å². The Bertz CT molecular complexity index is 1810. The molecular formula is C40H37IrN3-2. The van der Waals surface area contributed by atoms with Crippen LogP contribution in [0.1, 0.15) is 50.1 Å². The van der Waals surface area contributed by atoms with Crippen LogP contribution in [0.15, 0.2) is 116 Å². The van der Waals surface area contributed by atoms with E-state index in [4.69, 9.17) is 5.10 Å². The van der Waals surface area contributed by atoms with Crippen LogP contribution in [0.2, 0.25) is 0 Å². The zero-order chi connectivity index (χ0) is 30.2. The molecule has 0 saturated carbocycles. The molecule has 0 unspecified atom stereocenters. The summed E-state index contributed by atoms with van der Waals surface area (Å²) < 4.78 is 2.10. The van der Waals surface area contributed by atoms with E-state index in [0.29, 0.717) is 0 Å². The Labute approximate surface area is 275 Å². The molecule has 4 aromatic carbocycles. The van der Waals surface area contributed by atoms with Crippen LogP contribution >= 0.6 is 0 Å². The molecule has 2 aromatic heterocycles. The van der Waals surface area contributed by atoms with Crippen LogP contribution in [0, 0.1) is 26.0 Å². The molecule has 0 atom stereocenters. The summed E-state index contributed by atoms with van der Waals surface area (Å²) in [5, 5.41) is 4.82. The maximum atomic E-state index is 4.82. The van der Waals surface area contributed by atoms with Gasteiger partial charge in [-0.25, -0.2) is 0 Å². The van der Waals surface area contributed by atoms with Gasteiger partial charge in [-0.05, 0) is 53.4 Å². The third-order valence-corrected chi connectivity index (χ3v) is 9.04. The Morgan fingerprint density at radius 1 is 0.659 bits per heavy atom. The van der Waals surface area contributed by atoms with E-state index in [1.54, 1.807) is 6.20 Å². The first-order valence-electron chi connectivity index (χ1n) is 14.8. The number of para-hydroxylation sites is 1. The molecule has 1 aliphatic heterocycles. The summed E-state index contributed by atoms with van der Waals surface area (Å²) >= 11 is 0. The number of pyridine rings is 1. The fraction of sp³-hybridized carbons (Fsp3) is 0.200. The third kappa shape index (κ3) is 5.73. The van der Waals surface area contributed by atoms with Crippen LogP contribution in [0.5, 0.6) is 0 Å². The van der Waals surface area contributed by atoms with Crippen molar-refractivity contribution in [2.24, 2.45) is 0 Å². The molecule has 3 nitrogen and oxygen atoms in total. The van der Waals surface area contributed by atoms with Gasteiger partial charge in [0.05, 0.1) is 11.9 Å². The van der Waals surface area contributed by atoms with Crippen LogP contribution in [-0.4, -0.2) is 14.8 Å². The van der Waals surface area contributed by atoms with Crippen LogP contribution in [-0.2, 0) is 30.9 Å². The molecule has 0 N–H and O–H groups in total. The third-order valence-electron chi connectivity index (χ3n) is 9.04. The number of hydrogen-bond acceptors (Lipinski definition) is 2. The minimum atomic E-state index is -0.0899. The van der Waals surface area contributed by atoms with Crippen molar-refractivity contribution in [1.29, 1.82) is 0 Å². The zero-order valence-electron chi connectivity index (χ0n) is 26.1. The molecule has 0 aliphatic carbocycles. The van der Waals surface area contributed by atoms with Gasteiger partial charge in [-0.1, -0.05) is 93.4 Å². The van der Waals surface area contributed by atoms with Gasteiger partial charge in [-0.3, -0.25) is 4.68 Å². The van der Waals surface area contributed by atoms with Crippen molar-refractivity contribution in [2.45, 2.75) is 52.4 Å². The standard InChI is InChI=1S/C29H29N2.C11H8N.Ir/c1-19-15-20(2)17-23(16-19)21-11-13-22(14-12-21)24-18-30-31-26-10-8-7-9-25(26)28(3,4)29(5,6)27(24)31;1-2-6-10(7-3-1)11-8-4-5-9-12-11;/h7-9,11-18H,1-6H3;1-6,8-9H;/q2*-1;. The Kier molecular flexibility index (Phi) is 8.88. The largest absolute Gasteiger partial charge is 0.305 e. The molecule has 0 bridgehead atoms. The van der Waals surface area contributed by atoms with Crippen LogP contribution in [0.25, 0.3) is 39.2 Å². The van der Waals surface area contributed by atoms with Crippen LogP contribution in [0.3, 0.4) is 0 Å². The van der Waals surface area contributed by atoms with Crippen molar-refractivity contribution in [1.82, 2.24) is 14.8 Å². The molecule has 44 heavy (non-hydrogen) atoms. The minimum absolute atomic E-state index is 0. The second-order valence-corrected chi connectivity index (χ2v) is 12.4. The number of fused-ring (bicyclic) bond motifs is 3. The SMILES string of the molecule is Cc1cc(C)cc(-c2ccc(-c3cnn4c3C(C)(C)C(C)(C)c3ccc[c-]c3-4)cc2)c1.[Ir].[c-]1ccccc1-c1ccccn1. The average Bonchev–Trinajstić information content (AvgIpc) is 3.48. The maximum Gasteiger partial charge on any atom is 0.0575 e. The molecule has 0 spiro atoms. The molecule has 3 heterocycles. The van der Waals surface area contributed by atoms with Crippen molar-refractivity contribution in [3.63, 3.8) is 0 Å². The van der Waals surface area contributed by atoms with E-state index < -0.39 is 0 Å². The summed E-state index contributed by atoms with van der Waals surface area (Å²) in [6, 6.07) is 42.2. The predicted octanol–water partition coefficient (Wildman–Crippen LogP) is 9.74. The maximum absolute atomic E-state index is 4.82. The summed E-state index contributed by atoms with van der Waals surface area (Å²) in [7, 11) is 0. The predicted molar refractivity (Wildman–Crippen MR) is 177 cm³/mol. The van der Waals surface area contributed by atoms with Gasteiger partial charge in [0.1, 0.15) is 0 Å². The van der Waals surface area contributed by atoms with Gasteiger partial charge in [0, 0.05) is 37.3 Å². The summed E-state index contributed by atoms with van der Waals surface area (Å²) in [5.41, 5.74) is 13.0. The van der Waals surface area contributed by atoms with Gasteiger partial charge in [0.15, 0.2) is 0 Å². The summed E-state index contributed by atoms with van der Waals surface area (Å²) in [6.07, 6.45) is 3.81. The first kappa shape index (κ1) is 31.3. The number of aryl methyl sites for hydroxylation is 2. The van der Waals surface area contributed by atoms with E-state index in [1.165, 1.54) is 44.6 Å². The Hall–Kier alpha value is -4.11. The zero-order valence-corrected chi connectivity index (χ0v) is 28.5. The molecule has 223 valence electrons. The number of aromatic nitrogens is 3. The summed E-state index contributed by atoms with van der Waals surface area (Å²) in [5.74, 6) is 0. The molecule has 0 fully saturated rings. The van der Waals surface area contributed by atoms with Crippen molar-refractivity contribution in [3.8, 4) is 39.2 Å². The number of nitrogens with zero attached hydrogens (tertiary/aromatic N) is 3. The molecule has 4 heteroatoms. The quantitative estimate of drug-likeness (QED) is 0.169. The molecule has 7 rings (SSSR count). The number of hydrogen-bond donors (Lipinski definition) is 0. The van der Waals surface area contributed by atoms with E-state index >= 15 is 0 Å². The second kappa shape index (κ2) is 12.5. The molecular weight excluding hydrogens is 715 g/mol. The molecule has 0 saturated heterocycles. The Morgan fingerprint density at radius 3 is 2.00 bits per heavy atom. The van der Waals surface area contributed by atoms with Gasteiger partial charge in [0.25, 0.3) is 0 Å². The van der Waals surface area contributed by atoms with Gasteiger partial charge in [-0.2, -0.15) is 29.4 Å². The van der Waals surface area contributed by atoms with Crippen molar-refractivity contribution in [2.75, 3.05) is 0 Å². The van der Waals surface area contributed by atoms with E-state index in [1.807, 2.05) is 54.7 Å². The number of rotatable bonds is 3. The van der Waals surface area contributed by atoms with Gasteiger partial charge < -0.3 is 4.98 Å². The second-order valence-electron chi connectivity index (χ2n) is 12.4. The summed E-state index contributed by atoms with van der Waals surface area (Å²) in [4.78, 5) is 4.22. The van der Waals surface area contributed by atoms with Gasteiger partial charge >= 0.3 is 0 Å². The summed E-state index contributed by atoms with van der Waals surface area (Å²) in [6.45, 7) is 13.7.